The van der Waals surface area contributed by atoms with Crippen LogP contribution in [0.3, 0.4) is 0 Å². The van der Waals surface area contributed by atoms with E-state index in [2.05, 4.69) is 0 Å². The fourth-order valence-electron chi connectivity index (χ4n) is 4.44. The maximum atomic E-state index is 13.1. The summed E-state index contributed by atoms with van der Waals surface area (Å²) in [5.74, 6) is -0.676. The zero-order chi connectivity index (χ0) is 16.7. The summed E-state index contributed by atoms with van der Waals surface area (Å²) in [6.45, 7) is 0. The fraction of sp³-hybridized carbons (Fsp3) is 0.400. The third-order valence-corrected chi connectivity index (χ3v) is 5.60. The number of hydrogen-bond acceptors (Lipinski definition) is 2. The molecular formula is C20H21NO3. The molecule has 1 N–H and O–H groups in total. The lowest BCUT2D eigenvalue weighted by atomic mass is 9.84. The van der Waals surface area contributed by atoms with Crippen LogP contribution >= 0.6 is 0 Å². The molecule has 24 heavy (non-hydrogen) atoms. The van der Waals surface area contributed by atoms with E-state index in [1.165, 1.54) is 0 Å². The highest BCUT2D eigenvalue weighted by molar-refractivity contribution is 6.00. The molecule has 0 spiro atoms. The van der Waals surface area contributed by atoms with Crippen LogP contribution in [0.15, 0.2) is 42.5 Å². The van der Waals surface area contributed by atoms with E-state index in [4.69, 9.17) is 0 Å². The number of rotatable bonds is 2. The average Bonchev–Trinajstić information content (AvgIpc) is 3.00. The van der Waals surface area contributed by atoms with Gasteiger partial charge in [-0.2, -0.15) is 0 Å². The van der Waals surface area contributed by atoms with Crippen molar-refractivity contribution in [1.82, 2.24) is 4.90 Å². The first-order chi connectivity index (χ1) is 11.6. The summed E-state index contributed by atoms with van der Waals surface area (Å²) in [5.41, 5.74) is 0.589. The van der Waals surface area contributed by atoms with E-state index in [0.717, 1.165) is 36.5 Å². The van der Waals surface area contributed by atoms with Gasteiger partial charge in [0, 0.05) is 11.6 Å². The smallest absolute Gasteiger partial charge is 0.326 e. The predicted octanol–water partition coefficient (Wildman–Crippen LogP) is 3.70. The molecule has 4 nitrogen and oxygen atoms in total. The Kier molecular flexibility index (Phi) is 3.75. The van der Waals surface area contributed by atoms with Gasteiger partial charge in [0.2, 0.25) is 0 Å². The first-order valence-corrected chi connectivity index (χ1v) is 8.69. The van der Waals surface area contributed by atoms with Crippen LogP contribution in [0.2, 0.25) is 0 Å². The molecule has 0 radical (unpaired) electrons. The Morgan fingerprint density at radius 3 is 2.54 bits per heavy atom. The lowest BCUT2D eigenvalue weighted by molar-refractivity contribution is -0.141. The molecule has 1 amide bonds. The van der Waals surface area contributed by atoms with Crippen molar-refractivity contribution in [3.63, 3.8) is 0 Å². The van der Waals surface area contributed by atoms with Crippen molar-refractivity contribution in [2.45, 2.75) is 44.2 Å². The molecule has 124 valence electrons. The van der Waals surface area contributed by atoms with E-state index >= 15 is 0 Å². The number of carboxylic acids is 1. The fourth-order valence-corrected chi connectivity index (χ4v) is 4.44. The number of carbonyl (C=O) groups is 2. The van der Waals surface area contributed by atoms with Crippen molar-refractivity contribution in [1.29, 1.82) is 0 Å². The minimum absolute atomic E-state index is 0.0822. The summed E-state index contributed by atoms with van der Waals surface area (Å²) in [5, 5.41) is 11.7. The summed E-state index contributed by atoms with van der Waals surface area (Å²) in [6, 6.07) is 12.9. The minimum atomic E-state index is -0.876. The number of likely N-dealkylation sites (tertiary alicyclic amines) is 1. The molecule has 4 heteroatoms. The summed E-state index contributed by atoms with van der Waals surface area (Å²) in [7, 11) is 0. The lowest BCUT2D eigenvalue weighted by Crippen LogP contribution is -2.46. The Hall–Kier alpha value is -2.36. The van der Waals surface area contributed by atoms with Gasteiger partial charge in [0.1, 0.15) is 6.04 Å². The van der Waals surface area contributed by atoms with Gasteiger partial charge in [-0.05, 0) is 48.1 Å². The maximum absolute atomic E-state index is 13.1. The van der Waals surface area contributed by atoms with Crippen molar-refractivity contribution in [3.05, 3.63) is 48.0 Å². The zero-order valence-corrected chi connectivity index (χ0v) is 13.5. The summed E-state index contributed by atoms with van der Waals surface area (Å²) in [4.78, 5) is 26.5. The van der Waals surface area contributed by atoms with Gasteiger partial charge < -0.3 is 10.0 Å². The SMILES string of the molecule is O=C(O)[C@H]1C[C@@H]2CCCC[C@H]2N1C(=O)c1ccc2ccccc2c1. The van der Waals surface area contributed by atoms with Gasteiger partial charge in [0.05, 0.1) is 0 Å². The molecule has 1 aliphatic carbocycles. The highest BCUT2D eigenvalue weighted by atomic mass is 16.4. The highest BCUT2D eigenvalue weighted by Gasteiger charge is 2.47. The van der Waals surface area contributed by atoms with Crippen LogP contribution in [-0.4, -0.2) is 34.0 Å². The summed E-state index contributed by atoms with van der Waals surface area (Å²) >= 11 is 0. The second-order valence-electron chi connectivity index (χ2n) is 6.98. The molecule has 0 bridgehead atoms. The van der Waals surface area contributed by atoms with E-state index in [1.54, 1.807) is 4.90 Å². The van der Waals surface area contributed by atoms with Crippen LogP contribution in [-0.2, 0) is 4.79 Å². The van der Waals surface area contributed by atoms with E-state index in [0.29, 0.717) is 17.9 Å². The van der Waals surface area contributed by atoms with Gasteiger partial charge in [-0.1, -0.05) is 43.2 Å². The molecular weight excluding hydrogens is 302 g/mol. The van der Waals surface area contributed by atoms with Gasteiger partial charge in [-0.25, -0.2) is 4.79 Å². The van der Waals surface area contributed by atoms with Crippen LogP contribution in [0.1, 0.15) is 42.5 Å². The third kappa shape index (κ3) is 2.46. The second-order valence-corrected chi connectivity index (χ2v) is 6.98. The lowest BCUT2D eigenvalue weighted by Gasteiger charge is -2.33. The molecule has 3 atom stereocenters. The molecule has 0 unspecified atom stereocenters. The molecule has 2 fully saturated rings. The molecule has 4 rings (SSSR count). The Morgan fingerprint density at radius 2 is 1.75 bits per heavy atom. The van der Waals surface area contributed by atoms with Crippen LogP contribution in [0.5, 0.6) is 0 Å². The minimum Gasteiger partial charge on any atom is -0.480 e. The summed E-state index contributed by atoms with van der Waals surface area (Å²) < 4.78 is 0. The van der Waals surface area contributed by atoms with Crippen molar-refractivity contribution >= 4 is 22.6 Å². The normalized spacial score (nSPS) is 26.3. The molecule has 2 aliphatic rings. The number of carboxylic acid groups (broad SMARTS) is 1. The largest absolute Gasteiger partial charge is 0.480 e. The van der Waals surface area contributed by atoms with Crippen molar-refractivity contribution in [3.8, 4) is 0 Å². The maximum Gasteiger partial charge on any atom is 0.326 e. The van der Waals surface area contributed by atoms with Gasteiger partial charge in [-0.3, -0.25) is 4.79 Å². The number of aliphatic carboxylic acids is 1. The van der Waals surface area contributed by atoms with Crippen LogP contribution in [0.25, 0.3) is 10.8 Å². The highest BCUT2D eigenvalue weighted by Crippen LogP contribution is 2.40. The van der Waals surface area contributed by atoms with Crippen molar-refractivity contribution in [2.75, 3.05) is 0 Å². The molecule has 1 saturated heterocycles. The summed E-state index contributed by atoms with van der Waals surface area (Å²) in [6.07, 6.45) is 4.78. The Bertz CT molecular complexity index is 800. The van der Waals surface area contributed by atoms with E-state index in [9.17, 15) is 14.7 Å². The molecule has 1 saturated carbocycles. The monoisotopic (exact) mass is 323 g/mol. The number of benzene rings is 2. The quantitative estimate of drug-likeness (QED) is 0.917. The Morgan fingerprint density at radius 1 is 1.00 bits per heavy atom. The topological polar surface area (TPSA) is 57.6 Å². The standard InChI is InChI=1S/C20H21NO3/c22-19(16-10-9-13-5-1-2-6-14(13)11-16)21-17-8-4-3-7-15(17)12-18(21)20(23)24/h1-2,5-6,9-11,15,17-18H,3-4,7-8,12H2,(H,23,24)/t15-,17+,18+/m0/s1. The second kappa shape index (κ2) is 5.93. The van der Waals surface area contributed by atoms with Gasteiger partial charge in [0.25, 0.3) is 5.91 Å². The number of hydrogen-bond donors (Lipinski definition) is 1. The molecule has 0 aromatic heterocycles. The van der Waals surface area contributed by atoms with E-state index < -0.39 is 12.0 Å². The van der Waals surface area contributed by atoms with E-state index in [1.807, 2.05) is 42.5 Å². The third-order valence-electron chi connectivity index (χ3n) is 5.60. The van der Waals surface area contributed by atoms with Gasteiger partial charge in [0.15, 0.2) is 0 Å². The van der Waals surface area contributed by atoms with Gasteiger partial charge >= 0.3 is 5.97 Å². The zero-order valence-electron chi connectivity index (χ0n) is 13.5. The molecule has 2 aromatic rings. The Balaban J connectivity index is 1.70. The predicted molar refractivity (Wildman–Crippen MR) is 91.9 cm³/mol. The number of fused-ring (bicyclic) bond motifs is 2. The van der Waals surface area contributed by atoms with E-state index in [-0.39, 0.29) is 11.9 Å². The Labute approximate surface area is 141 Å². The average molecular weight is 323 g/mol. The van der Waals surface area contributed by atoms with Crippen molar-refractivity contribution < 1.29 is 14.7 Å². The first-order valence-electron chi connectivity index (χ1n) is 8.69. The molecule has 1 heterocycles. The number of amides is 1. The number of carbonyl (C=O) groups excluding carboxylic acids is 1. The van der Waals surface area contributed by atoms with Crippen molar-refractivity contribution in [2.24, 2.45) is 5.92 Å². The number of nitrogens with zero attached hydrogens (tertiary/aromatic N) is 1. The first kappa shape index (κ1) is 15.2. The van der Waals surface area contributed by atoms with Gasteiger partial charge in [-0.15, -0.1) is 0 Å². The molecule has 2 aromatic carbocycles. The van der Waals surface area contributed by atoms with Crippen LogP contribution in [0, 0.1) is 5.92 Å². The molecule has 1 aliphatic heterocycles. The van der Waals surface area contributed by atoms with Crippen LogP contribution in [0.4, 0.5) is 0 Å². The van der Waals surface area contributed by atoms with Crippen LogP contribution < -0.4 is 0 Å².